The zero-order valence-corrected chi connectivity index (χ0v) is 17.7. The summed E-state index contributed by atoms with van der Waals surface area (Å²) < 4.78 is 19.1. The molecule has 0 spiro atoms. The van der Waals surface area contributed by atoms with Crippen molar-refractivity contribution >= 4 is 40.6 Å². The van der Waals surface area contributed by atoms with Crippen LogP contribution in [0.1, 0.15) is 11.1 Å². The van der Waals surface area contributed by atoms with Crippen LogP contribution in [-0.2, 0) is 9.59 Å². The summed E-state index contributed by atoms with van der Waals surface area (Å²) >= 11 is 0.703. The van der Waals surface area contributed by atoms with Crippen molar-refractivity contribution in [3.8, 4) is 5.75 Å². The van der Waals surface area contributed by atoms with Crippen LogP contribution in [-0.4, -0.2) is 46.6 Å². The lowest BCUT2D eigenvalue weighted by Crippen LogP contribution is -2.38. The largest absolute Gasteiger partial charge is 0.484 e. The monoisotopic (exact) mass is 459 g/mol. The second-order valence-electron chi connectivity index (χ2n) is 6.70. The first-order chi connectivity index (χ1) is 15.3. The summed E-state index contributed by atoms with van der Waals surface area (Å²) in [6.07, 6.45) is 1.32. The lowest BCUT2D eigenvalue weighted by Gasteiger charge is -2.13. The maximum absolute atomic E-state index is 13.8. The number of carbonyl (C=O) groups is 3. The number of halogens is 1. The zero-order valence-electron chi connectivity index (χ0n) is 16.9. The molecule has 3 rings (SSSR count). The van der Waals surface area contributed by atoms with Crippen LogP contribution < -0.4 is 10.1 Å². The first-order valence-corrected chi connectivity index (χ1v) is 10.2. The molecule has 1 aliphatic rings. The SMILES string of the molecule is Cc1cc(OCC(=O)NCCN2C(=O)S/C(=C\c3ccccc3F)C2=O)ccc1[N+](=O)[O-]. The van der Waals surface area contributed by atoms with Gasteiger partial charge < -0.3 is 10.1 Å². The van der Waals surface area contributed by atoms with E-state index in [0.29, 0.717) is 23.1 Å². The lowest BCUT2D eigenvalue weighted by molar-refractivity contribution is -0.385. The van der Waals surface area contributed by atoms with Crippen LogP contribution in [0, 0.1) is 22.9 Å². The van der Waals surface area contributed by atoms with Crippen LogP contribution in [0.2, 0.25) is 0 Å². The molecule has 0 aromatic heterocycles. The van der Waals surface area contributed by atoms with Crippen molar-refractivity contribution in [3.05, 3.63) is 74.4 Å². The molecule has 2 aromatic rings. The van der Waals surface area contributed by atoms with Gasteiger partial charge in [-0.1, -0.05) is 18.2 Å². The smallest absolute Gasteiger partial charge is 0.293 e. The van der Waals surface area contributed by atoms with E-state index >= 15 is 0 Å². The van der Waals surface area contributed by atoms with Crippen molar-refractivity contribution in [3.63, 3.8) is 0 Å². The highest BCUT2D eigenvalue weighted by Crippen LogP contribution is 2.32. The molecule has 11 heteroatoms. The van der Waals surface area contributed by atoms with E-state index < -0.39 is 27.8 Å². The Balaban J connectivity index is 1.48. The number of amides is 3. The normalized spacial score (nSPS) is 14.7. The number of nitrogens with one attached hydrogen (secondary N) is 1. The molecular weight excluding hydrogens is 441 g/mol. The van der Waals surface area contributed by atoms with E-state index in [1.807, 2.05) is 0 Å². The molecule has 1 saturated heterocycles. The molecule has 0 saturated carbocycles. The van der Waals surface area contributed by atoms with Crippen LogP contribution in [0.4, 0.5) is 14.9 Å². The minimum absolute atomic E-state index is 0.00645. The van der Waals surface area contributed by atoms with Crippen molar-refractivity contribution in [1.29, 1.82) is 0 Å². The standard InChI is InChI=1S/C21H18FN3O6S/c1-13-10-15(6-7-17(13)25(29)30)31-12-19(26)23-8-9-24-20(27)18(32-21(24)28)11-14-4-2-3-5-16(14)22/h2-7,10-11H,8-9,12H2,1H3,(H,23,26)/b18-11-. The van der Waals surface area contributed by atoms with Crippen molar-refractivity contribution in [1.82, 2.24) is 10.2 Å². The number of nitro groups is 1. The molecule has 1 heterocycles. The Morgan fingerprint density at radius 1 is 1.28 bits per heavy atom. The average Bonchev–Trinajstić information content (AvgIpc) is 3.01. The lowest BCUT2D eigenvalue weighted by atomic mass is 10.2. The van der Waals surface area contributed by atoms with E-state index in [0.717, 1.165) is 4.90 Å². The van der Waals surface area contributed by atoms with E-state index in [1.54, 1.807) is 13.0 Å². The van der Waals surface area contributed by atoms with E-state index in [-0.39, 0.29) is 35.9 Å². The number of aryl methyl sites for hydroxylation is 1. The van der Waals surface area contributed by atoms with E-state index in [1.165, 1.54) is 42.5 Å². The molecule has 1 aliphatic heterocycles. The summed E-state index contributed by atoms with van der Waals surface area (Å²) in [5.74, 6) is -1.26. The zero-order chi connectivity index (χ0) is 23.3. The Kier molecular flexibility index (Phi) is 7.21. The summed E-state index contributed by atoms with van der Waals surface area (Å²) in [7, 11) is 0. The van der Waals surface area contributed by atoms with E-state index in [9.17, 15) is 28.9 Å². The third-order valence-electron chi connectivity index (χ3n) is 4.46. The van der Waals surface area contributed by atoms with Gasteiger partial charge in [-0.3, -0.25) is 29.4 Å². The van der Waals surface area contributed by atoms with Gasteiger partial charge in [0.1, 0.15) is 11.6 Å². The number of imide groups is 1. The van der Waals surface area contributed by atoms with Crippen molar-refractivity contribution in [2.24, 2.45) is 0 Å². The number of rotatable bonds is 8. The van der Waals surface area contributed by atoms with Gasteiger partial charge in [0.05, 0.1) is 9.83 Å². The molecule has 0 bridgehead atoms. The van der Waals surface area contributed by atoms with E-state index in [4.69, 9.17) is 4.74 Å². The molecular formula is C21H18FN3O6S. The van der Waals surface area contributed by atoms with Gasteiger partial charge in [0, 0.05) is 30.3 Å². The van der Waals surface area contributed by atoms with Gasteiger partial charge in [0.15, 0.2) is 6.61 Å². The molecule has 1 N–H and O–H groups in total. The number of nitrogens with zero attached hydrogens (tertiary/aromatic N) is 2. The molecule has 3 amide bonds. The molecule has 32 heavy (non-hydrogen) atoms. The Morgan fingerprint density at radius 3 is 2.72 bits per heavy atom. The molecule has 0 atom stereocenters. The summed E-state index contributed by atoms with van der Waals surface area (Å²) in [5, 5.41) is 12.8. The van der Waals surface area contributed by atoms with Gasteiger partial charge in [-0.2, -0.15) is 0 Å². The van der Waals surface area contributed by atoms with E-state index in [2.05, 4.69) is 5.32 Å². The molecule has 9 nitrogen and oxygen atoms in total. The second kappa shape index (κ2) is 10.1. The number of thioether (sulfide) groups is 1. The third kappa shape index (κ3) is 5.49. The minimum atomic E-state index is -0.560. The van der Waals surface area contributed by atoms with Gasteiger partial charge >= 0.3 is 0 Å². The number of nitro benzene ring substituents is 1. The topological polar surface area (TPSA) is 119 Å². The van der Waals surface area contributed by atoms with Crippen LogP contribution in [0.3, 0.4) is 0 Å². The number of hydrogen-bond donors (Lipinski definition) is 1. The first kappa shape index (κ1) is 22.9. The highest BCUT2D eigenvalue weighted by Gasteiger charge is 2.34. The van der Waals surface area contributed by atoms with Crippen molar-refractivity contribution < 1.29 is 28.4 Å². The van der Waals surface area contributed by atoms with Gasteiger partial charge in [0.2, 0.25) is 0 Å². The number of ether oxygens (including phenoxy) is 1. The van der Waals surface area contributed by atoms with Gasteiger partial charge in [0.25, 0.3) is 22.7 Å². The molecule has 1 fully saturated rings. The third-order valence-corrected chi connectivity index (χ3v) is 5.37. The predicted octanol–water partition coefficient (Wildman–Crippen LogP) is 3.27. The Morgan fingerprint density at radius 2 is 2.03 bits per heavy atom. The molecule has 0 aliphatic carbocycles. The molecule has 0 radical (unpaired) electrons. The summed E-state index contributed by atoms with van der Waals surface area (Å²) in [6, 6.07) is 10.0. The van der Waals surface area contributed by atoms with Gasteiger partial charge in [-0.15, -0.1) is 0 Å². The number of carbonyl (C=O) groups excluding carboxylic acids is 3. The van der Waals surface area contributed by atoms with Crippen LogP contribution in [0.15, 0.2) is 47.4 Å². The van der Waals surface area contributed by atoms with Gasteiger partial charge in [-0.25, -0.2) is 4.39 Å². The fraction of sp³-hybridized carbons (Fsp3) is 0.190. The quantitative estimate of drug-likeness (QED) is 0.366. The van der Waals surface area contributed by atoms with Crippen molar-refractivity contribution in [2.75, 3.05) is 19.7 Å². The van der Waals surface area contributed by atoms with Crippen LogP contribution in [0.5, 0.6) is 5.75 Å². The van der Waals surface area contributed by atoms with Crippen LogP contribution >= 0.6 is 11.8 Å². The maximum atomic E-state index is 13.8. The molecule has 0 unspecified atom stereocenters. The Labute approximate surface area is 186 Å². The van der Waals surface area contributed by atoms with Crippen molar-refractivity contribution in [2.45, 2.75) is 6.92 Å². The van der Waals surface area contributed by atoms with Gasteiger partial charge in [-0.05, 0) is 43.0 Å². The predicted molar refractivity (Wildman–Crippen MR) is 115 cm³/mol. The molecule has 2 aromatic carbocycles. The average molecular weight is 459 g/mol. The fourth-order valence-corrected chi connectivity index (χ4v) is 3.71. The Hall–Kier alpha value is -3.73. The molecule has 166 valence electrons. The Bertz CT molecular complexity index is 1120. The number of hydrogen-bond acceptors (Lipinski definition) is 7. The highest BCUT2D eigenvalue weighted by atomic mass is 32.2. The fourth-order valence-electron chi connectivity index (χ4n) is 2.86. The summed E-state index contributed by atoms with van der Waals surface area (Å²) in [6.45, 7) is 1.17. The summed E-state index contributed by atoms with van der Waals surface area (Å²) in [5.41, 5.74) is 0.545. The second-order valence-corrected chi connectivity index (χ2v) is 7.69. The highest BCUT2D eigenvalue weighted by molar-refractivity contribution is 8.18. The first-order valence-electron chi connectivity index (χ1n) is 9.40. The summed E-state index contributed by atoms with van der Waals surface area (Å²) in [4.78, 5) is 47.9. The van der Waals surface area contributed by atoms with Crippen LogP contribution in [0.25, 0.3) is 6.08 Å². The number of benzene rings is 2. The minimum Gasteiger partial charge on any atom is -0.484 e. The maximum Gasteiger partial charge on any atom is 0.293 e.